The molecular formula is C14H19FN2O2. The Morgan fingerprint density at radius 2 is 1.89 bits per heavy atom. The van der Waals surface area contributed by atoms with Gasteiger partial charge in [-0.3, -0.25) is 9.59 Å². The van der Waals surface area contributed by atoms with Crippen molar-refractivity contribution in [1.29, 1.82) is 0 Å². The topological polar surface area (TPSA) is 72.2 Å². The summed E-state index contributed by atoms with van der Waals surface area (Å²) in [4.78, 5) is 23.2. The van der Waals surface area contributed by atoms with Crippen LogP contribution in [0.5, 0.6) is 0 Å². The summed E-state index contributed by atoms with van der Waals surface area (Å²) < 4.78 is 12.7. The van der Waals surface area contributed by atoms with Gasteiger partial charge in [0, 0.05) is 31.0 Å². The standard InChI is InChI=1S/C14H19FN2O2/c1-10(16)8-9-17-14(19)7-6-13(18)11-2-4-12(15)5-3-11/h2-5,10H,6-9,16H2,1H3,(H,17,19). The Kier molecular flexibility index (Phi) is 6.15. The highest BCUT2D eigenvalue weighted by atomic mass is 19.1. The number of benzene rings is 1. The lowest BCUT2D eigenvalue weighted by molar-refractivity contribution is -0.121. The molecule has 5 heteroatoms. The number of Topliss-reactive ketones (excluding diaryl/α,β-unsaturated/α-hetero) is 1. The Labute approximate surface area is 112 Å². The van der Waals surface area contributed by atoms with E-state index >= 15 is 0 Å². The second kappa shape index (κ2) is 7.63. The van der Waals surface area contributed by atoms with E-state index in [1.54, 1.807) is 0 Å². The molecule has 1 amide bonds. The van der Waals surface area contributed by atoms with Crippen LogP contribution in [0.25, 0.3) is 0 Å². The van der Waals surface area contributed by atoms with Crippen LogP contribution < -0.4 is 11.1 Å². The van der Waals surface area contributed by atoms with Crippen molar-refractivity contribution >= 4 is 11.7 Å². The van der Waals surface area contributed by atoms with Crippen LogP contribution in [0.2, 0.25) is 0 Å². The van der Waals surface area contributed by atoms with Crippen molar-refractivity contribution in [2.75, 3.05) is 6.54 Å². The van der Waals surface area contributed by atoms with Crippen LogP contribution >= 0.6 is 0 Å². The Bertz CT molecular complexity index is 430. The van der Waals surface area contributed by atoms with Gasteiger partial charge in [-0.05, 0) is 37.6 Å². The molecule has 1 unspecified atom stereocenters. The minimum absolute atomic E-state index is 0.0427. The molecule has 3 N–H and O–H groups in total. The Hall–Kier alpha value is -1.75. The Balaban J connectivity index is 2.30. The maximum atomic E-state index is 12.7. The summed E-state index contributed by atoms with van der Waals surface area (Å²) in [5.41, 5.74) is 5.97. The monoisotopic (exact) mass is 266 g/mol. The minimum atomic E-state index is -0.384. The van der Waals surface area contributed by atoms with Crippen LogP contribution in [0.3, 0.4) is 0 Å². The van der Waals surface area contributed by atoms with Crippen LogP contribution in [-0.2, 0) is 4.79 Å². The number of hydrogen-bond donors (Lipinski definition) is 2. The van der Waals surface area contributed by atoms with Crippen LogP contribution in [0, 0.1) is 5.82 Å². The van der Waals surface area contributed by atoms with Gasteiger partial charge in [0.15, 0.2) is 5.78 Å². The summed E-state index contributed by atoms with van der Waals surface area (Å²) in [5, 5.41) is 2.70. The van der Waals surface area contributed by atoms with E-state index in [0.717, 1.165) is 0 Å². The first-order valence-corrected chi connectivity index (χ1v) is 6.30. The summed E-state index contributed by atoms with van der Waals surface area (Å²) in [6.07, 6.45) is 0.961. The highest BCUT2D eigenvalue weighted by molar-refractivity contribution is 5.97. The molecule has 1 rings (SSSR count). The lowest BCUT2D eigenvalue weighted by Gasteiger charge is -2.07. The van der Waals surface area contributed by atoms with Crippen LogP contribution in [0.4, 0.5) is 4.39 Å². The molecule has 0 spiro atoms. The van der Waals surface area contributed by atoms with Crippen molar-refractivity contribution < 1.29 is 14.0 Å². The fraction of sp³-hybridized carbons (Fsp3) is 0.429. The molecule has 104 valence electrons. The third-order valence-electron chi connectivity index (χ3n) is 2.67. The van der Waals surface area contributed by atoms with E-state index in [9.17, 15) is 14.0 Å². The average molecular weight is 266 g/mol. The van der Waals surface area contributed by atoms with Crippen LogP contribution in [0.1, 0.15) is 36.5 Å². The molecule has 0 aromatic heterocycles. The number of ketones is 1. The van der Waals surface area contributed by atoms with Crippen LogP contribution in [-0.4, -0.2) is 24.3 Å². The molecule has 1 aromatic rings. The first-order valence-electron chi connectivity index (χ1n) is 6.30. The number of carbonyl (C=O) groups excluding carboxylic acids is 2. The van der Waals surface area contributed by atoms with Gasteiger partial charge in [0.25, 0.3) is 0 Å². The van der Waals surface area contributed by atoms with E-state index in [4.69, 9.17) is 5.73 Å². The molecule has 0 radical (unpaired) electrons. The lowest BCUT2D eigenvalue weighted by Crippen LogP contribution is -2.29. The molecular weight excluding hydrogens is 247 g/mol. The van der Waals surface area contributed by atoms with E-state index in [-0.39, 0.29) is 36.4 Å². The largest absolute Gasteiger partial charge is 0.356 e. The van der Waals surface area contributed by atoms with Gasteiger partial charge in [-0.2, -0.15) is 0 Å². The Morgan fingerprint density at radius 1 is 1.26 bits per heavy atom. The molecule has 0 aliphatic heterocycles. The molecule has 0 fully saturated rings. The number of carbonyl (C=O) groups is 2. The fourth-order valence-corrected chi connectivity index (χ4v) is 1.53. The van der Waals surface area contributed by atoms with E-state index in [0.29, 0.717) is 18.5 Å². The fourth-order valence-electron chi connectivity index (χ4n) is 1.53. The molecule has 0 saturated carbocycles. The second-order valence-electron chi connectivity index (χ2n) is 4.55. The number of rotatable bonds is 7. The van der Waals surface area contributed by atoms with E-state index in [1.807, 2.05) is 6.92 Å². The smallest absolute Gasteiger partial charge is 0.220 e. The van der Waals surface area contributed by atoms with Crippen molar-refractivity contribution in [1.82, 2.24) is 5.32 Å². The predicted octanol–water partition coefficient (Wildman–Crippen LogP) is 1.64. The van der Waals surface area contributed by atoms with Gasteiger partial charge in [-0.1, -0.05) is 0 Å². The third-order valence-corrected chi connectivity index (χ3v) is 2.67. The maximum absolute atomic E-state index is 12.7. The first kappa shape index (κ1) is 15.3. The summed E-state index contributed by atoms with van der Waals surface area (Å²) in [5.74, 6) is -0.719. The van der Waals surface area contributed by atoms with Gasteiger partial charge < -0.3 is 11.1 Å². The van der Waals surface area contributed by atoms with E-state index in [2.05, 4.69) is 5.32 Å². The summed E-state index contributed by atoms with van der Waals surface area (Å²) in [6, 6.07) is 5.35. The summed E-state index contributed by atoms with van der Waals surface area (Å²) >= 11 is 0. The normalized spacial score (nSPS) is 11.9. The van der Waals surface area contributed by atoms with Crippen molar-refractivity contribution in [3.63, 3.8) is 0 Å². The molecule has 0 bridgehead atoms. The molecule has 1 atom stereocenters. The molecule has 4 nitrogen and oxygen atoms in total. The highest BCUT2D eigenvalue weighted by Crippen LogP contribution is 2.07. The van der Waals surface area contributed by atoms with Gasteiger partial charge in [-0.25, -0.2) is 4.39 Å². The molecule has 0 heterocycles. The zero-order valence-corrected chi connectivity index (χ0v) is 11.0. The quantitative estimate of drug-likeness (QED) is 0.737. The zero-order chi connectivity index (χ0) is 14.3. The number of nitrogens with one attached hydrogen (secondary N) is 1. The van der Waals surface area contributed by atoms with Gasteiger partial charge in [-0.15, -0.1) is 0 Å². The average Bonchev–Trinajstić information content (AvgIpc) is 2.36. The van der Waals surface area contributed by atoms with Gasteiger partial charge >= 0.3 is 0 Å². The summed E-state index contributed by atoms with van der Waals surface area (Å²) in [6.45, 7) is 2.38. The number of halogens is 1. The molecule has 0 saturated heterocycles. The maximum Gasteiger partial charge on any atom is 0.220 e. The van der Waals surface area contributed by atoms with Gasteiger partial charge in [0.1, 0.15) is 5.82 Å². The van der Waals surface area contributed by atoms with E-state index < -0.39 is 0 Å². The number of hydrogen-bond acceptors (Lipinski definition) is 3. The third kappa shape index (κ3) is 6.10. The lowest BCUT2D eigenvalue weighted by atomic mass is 10.1. The summed E-state index contributed by atoms with van der Waals surface area (Å²) in [7, 11) is 0. The Morgan fingerprint density at radius 3 is 2.47 bits per heavy atom. The van der Waals surface area contributed by atoms with Crippen molar-refractivity contribution in [2.45, 2.75) is 32.2 Å². The zero-order valence-electron chi connectivity index (χ0n) is 11.0. The van der Waals surface area contributed by atoms with Crippen molar-refractivity contribution in [3.05, 3.63) is 35.6 Å². The SMILES string of the molecule is CC(N)CCNC(=O)CCC(=O)c1ccc(F)cc1. The van der Waals surface area contributed by atoms with Gasteiger partial charge in [0.05, 0.1) is 0 Å². The molecule has 0 aliphatic rings. The van der Waals surface area contributed by atoms with Crippen molar-refractivity contribution in [2.24, 2.45) is 5.73 Å². The van der Waals surface area contributed by atoms with Gasteiger partial charge in [0.2, 0.25) is 5.91 Å². The molecule has 0 aliphatic carbocycles. The first-order chi connectivity index (χ1) is 8.99. The minimum Gasteiger partial charge on any atom is -0.356 e. The molecule has 1 aromatic carbocycles. The highest BCUT2D eigenvalue weighted by Gasteiger charge is 2.09. The van der Waals surface area contributed by atoms with E-state index in [1.165, 1.54) is 24.3 Å². The van der Waals surface area contributed by atoms with Crippen molar-refractivity contribution in [3.8, 4) is 0 Å². The molecule has 19 heavy (non-hydrogen) atoms. The van der Waals surface area contributed by atoms with Crippen LogP contribution in [0.15, 0.2) is 24.3 Å². The predicted molar refractivity (Wildman–Crippen MR) is 71.2 cm³/mol. The number of nitrogens with two attached hydrogens (primary N) is 1. The second-order valence-corrected chi connectivity index (χ2v) is 4.55. The number of amides is 1.